The zero-order valence-corrected chi connectivity index (χ0v) is 26.2. The largest absolute Gasteiger partial charge is 0.351 e. The summed E-state index contributed by atoms with van der Waals surface area (Å²) in [6.45, 7) is 4.14. The first-order valence-corrected chi connectivity index (χ1v) is 18.0. The minimum absolute atomic E-state index is 0.0110. The highest BCUT2D eigenvalue weighted by Crippen LogP contribution is 2.27. The molecule has 4 heterocycles. The van der Waals surface area contributed by atoms with Crippen molar-refractivity contribution < 1.29 is 16.8 Å². The van der Waals surface area contributed by atoms with E-state index in [9.17, 15) is 22.1 Å². The third kappa shape index (κ3) is 8.08. The van der Waals surface area contributed by atoms with E-state index in [-0.39, 0.29) is 17.5 Å². The lowest BCUT2D eigenvalue weighted by Gasteiger charge is -2.30. The van der Waals surface area contributed by atoms with E-state index in [1.807, 2.05) is 18.2 Å². The topological polar surface area (TPSA) is 166 Å². The van der Waals surface area contributed by atoms with Gasteiger partial charge < -0.3 is 15.5 Å². The van der Waals surface area contributed by atoms with Gasteiger partial charge in [-0.25, -0.2) is 35.8 Å². The number of hydrogen-bond donors (Lipinski definition) is 2. The average Bonchev–Trinajstić information content (AvgIpc) is 3.46. The minimum Gasteiger partial charge on any atom is -0.351 e. The number of nitriles is 1. The third-order valence-electron chi connectivity index (χ3n) is 7.65. The Kier molecular flexibility index (Phi) is 9.64. The van der Waals surface area contributed by atoms with E-state index in [4.69, 9.17) is 11.6 Å². The first-order chi connectivity index (χ1) is 20.5. The zero-order chi connectivity index (χ0) is 30.6. The number of piperidine rings is 1. The maximum absolute atomic E-state index is 11.8. The molecule has 2 aromatic heterocycles. The van der Waals surface area contributed by atoms with Crippen LogP contribution in [0.5, 0.6) is 0 Å². The normalized spacial score (nSPS) is 18.3. The van der Waals surface area contributed by atoms with E-state index < -0.39 is 19.9 Å². The molecule has 3 aromatic rings. The molecule has 0 amide bonds. The maximum atomic E-state index is 11.8. The molecule has 1 aromatic carbocycles. The molecule has 13 nitrogen and oxygen atoms in total. The van der Waals surface area contributed by atoms with Crippen LogP contribution in [0.3, 0.4) is 0 Å². The fraction of sp³-hybridized carbons (Fsp3) is 0.481. The van der Waals surface area contributed by atoms with E-state index in [2.05, 4.69) is 36.7 Å². The molecule has 0 aliphatic carbocycles. The van der Waals surface area contributed by atoms with Gasteiger partial charge in [-0.2, -0.15) is 10.4 Å². The number of rotatable bonds is 10. The number of nitrogens with one attached hydrogen (secondary N) is 2. The molecule has 0 radical (unpaired) electrons. The monoisotopic (exact) mass is 647 g/mol. The molecule has 0 bridgehead atoms. The molecule has 2 N–H and O–H groups in total. The van der Waals surface area contributed by atoms with Crippen LogP contribution >= 0.6 is 11.6 Å². The average molecular weight is 648 g/mol. The zero-order valence-electron chi connectivity index (χ0n) is 23.8. The van der Waals surface area contributed by atoms with Gasteiger partial charge in [-0.05, 0) is 30.5 Å². The van der Waals surface area contributed by atoms with Crippen LogP contribution in [0, 0.1) is 11.3 Å². The van der Waals surface area contributed by atoms with Gasteiger partial charge in [0.15, 0.2) is 9.84 Å². The van der Waals surface area contributed by atoms with Crippen molar-refractivity contribution in [3.8, 4) is 23.0 Å². The number of anilines is 1. The number of sulfonamides is 1. The van der Waals surface area contributed by atoms with Gasteiger partial charge in [-0.15, -0.1) is 0 Å². The van der Waals surface area contributed by atoms with E-state index in [1.54, 1.807) is 17.1 Å². The van der Waals surface area contributed by atoms with Crippen molar-refractivity contribution in [2.45, 2.75) is 25.4 Å². The highest BCUT2D eigenvalue weighted by molar-refractivity contribution is 7.91. The molecule has 2 fully saturated rings. The van der Waals surface area contributed by atoms with Gasteiger partial charge in [-0.3, -0.25) is 0 Å². The lowest BCUT2D eigenvalue weighted by Crippen LogP contribution is -2.43. The molecule has 2 aliphatic rings. The molecule has 16 heteroatoms. The lowest BCUT2D eigenvalue weighted by atomic mass is 10.1. The predicted molar refractivity (Wildman–Crippen MR) is 164 cm³/mol. The summed E-state index contributed by atoms with van der Waals surface area (Å²) >= 11 is 6.63. The quantitative estimate of drug-likeness (QED) is 0.306. The van der Waals surface area contributed by atoms with Crippen molar-refractivity contribution in [3.63, 3.8) is 0 Å². The lowest BCUT2D eigenvalue weighted by molar-refractivity contribution is 0.294. The number of benzene rings is 1. The number of hydrogen-bond acceptors (Lipinski definition) is 11. The Morgan fingerprint density at radius 1 is 1.14 bits per heavy atom. The Morgan fingerprint density at radius 3 is 2.56 bits per heavy atom. The Morgan fingerprint density at radius 2 is 1.88 bits per heavy atom. The molecule has 2 saturated heterocycles. The fourth-order valence-electron chi connectivity index (χ4n) is 5.13. The van der Waals surface area contributed by atoms with Gasteiger partial charge >= 0.3 is 0 Å². The van der Waals surface area contributed by atoms with Crippen LogP contribution in [0.1, 0.15) is 24.0 Å². The summed E-state index contributed by atoms with van der Waals surface area (Å²) in [5, 5.41) is 21.3. The first kappa shape index (κ1) is 31.3. The second kappa shape index (κ2) is 13.2. The molecular formula is C27H34ClN9O4S2. The van der Waals surface area contributed by atoms with Crippen molar-refractivity contribution in [3.05, 3.63) is 52.9 Å². The van der Waals surface area contributed by atoms with Gasteiger partial charge in [-0.1, -0.05) is 17.7 Å². The van der Waals surface area contributed by atoms with Gasteiger partial charge in [0.05, 0.1) is 52.1 Å². The maximum Gasteiger partial charge on any atom is 0.223 e. The highest BCUT2D eigenvalue weighted by atomic mass is 35.5. The summed E-state index contributed by atoms with van der Waals surface area (Å²) < 4.78 is 49.9. The summed E-state index contributed by atoms with van der Waals surface area (Å²) in [5.74, 6) is 0.807. The van der Waals surface area contributed by atoms with E-state index in [0.29, 0.717) is 79.0 Å². The Labute approximate surface area is 256 Å². The van der Waals surface area contributed by atoms with Crippen LogP contribution in [0.4, 0.5) is 5.95 Å². The Balaban J connectivity index is 1.20. The van der Waals surface area contributed by atoms with Gasteiger partial charge in [0, 0.05) is 63.6 Å². The van der Waals surface area contributed by atoms with Gasteiger partial charge in [0.2, 0.25) is 16.0 Å². The van der Waals surface area contributed by atoms with Crippen LogP contribution in [0.25, 0.3) is 16.9 Å². The summed E-state index contributed by atoms with van der Waals surface area (Å²) in [5.41, 5.74) is 3.04. The number of sulfone groups is 1. The summed E-state index contributed by atoms with van der Waals surface area (Å²) in [7, 11) is -6.09. The first-order valence-electron chi connectivity index (χ1n) is 14.0. The molecule has 5 rings (SSSR count). The highest BCUT2D eigenvalue weighted by Gasteiger charge is 2.26. The SMILES string of the molecule is CS(=O)(=O)N1CCC(Nc2ncc(C#N)c(-c3cnn(-c4ccc(CNCCN5CCS(=O)(=O)CC5)cc4Cl)c3)n2)CC1. The minimum atomic E-state index is -3.21. The standard InChI is InChI=1S/C27H34ClN9O4S2/c1-42(38,39)36-7-4-23(5-8-36)33-27-31-17-21(15-29)26(34-27)22-18-32-37(19-22)25-3-2-20(14-24(25)28)16-30-6-9-35-10-12-43(40,41)13-11-35/h2-3,14,17-19,23,30H,4-13,16H2,1H3,(H,31,33,34). The van der Waals surface area contributed by atoms with Crippen molar-refractivity contribution in [2.24, 2.45) is 0 Å². The molecule has 0 spiro atoms. The molecule has 0 saturated carbocycles. The van der Waals surface area contributed by atoms with Gasteiger partial charge in [0.25, 0.3) is 0 Å². The van der Waals surface area contributed by atoms with Crippen LogP contribution in [0.2, 0.25) is 5.02 Å². The smallest absolute Gasteiger partial charge is 0.223 e. The van der Waals surface area contributed by atoms with E-state index in [0.717, 1.165) is 18.7 Å². The molecule has 2 aliphatic heterocycles. The fourth-order valence-corrected chi connectivity index (χ4v) is 7.58. The second-order valence-electron chi connectivity index (χ2n) is 10.8. The number of aromatic nitrogens is 4. The van der Waals surface area contributed by atoms with Crippen molar-refractivity contribution >= 4 is 37.4 Å². The molecule has 0 atom stereocenters. The van der Waals surface area contributed by atoms with Crippen molar-refractivity contribution in [1.82, 2.24) is 34.3 Å². The number of nitrogens with zero attached hydrogens (tertiary/aromatic N) is 7. The van der Waals surface area contributed by atoms with Crippen molar-refractivity contribution in [2.75, 3.05) is 62.3 Å². The van der Waals surface area contributed by atoms with Crippen molar-refractivity contribution in [1.29, 1.82) is 5.26 Å². The van der Waals surface area contributed by atoms with E-state index in [1.165, 1.54) is 16.8 Å². The third-order valence-corrected chi connectivity index (χ3v) is 10.9. The summed E-state index contributed by atoms with van der Waals surface area (Å²) in [4.78, 5) is 11.0. The van der Waals surface area contributed by atoms with Crippen LogP contribution in [-0.2, 0) is 26.4 Å². The summed E-state index contributed by atoms with van der Waals surface area (Å²) in [6.07, 6.45) is 7.31. The molecule has 230 valence electrons. The Hall–Kier alpha value is -3.13. The molecule has 43 heavy (non-hydrogen) atoms. The summed E-state index contributed by atoms with van der Waals surface area (Å²) in [6, 6.07) is 7.87. The number of halogens is 1. The van der Waals surface area contributed by atoms with E-state index >= 15 is 0 Å². The van der Waals surface area contributed by atoms with Gasteiger partial charge in [0.1, 0.15) is 6.07 Å². The van der Waals surface area contributed by atoms with Crippen LogP contribution < -0.4 is 10.6 Å². The second-order valence-corrected chi connectivity index (χ2v) is 15.5. The van der Waals surface area contributed by atoms with Crippen LogP contribution in [-0.4, -0.2) is 109 Å². The van der Waals surface area contributed by atoms with Crippen LogP contribution in [0.15, 0.2) is 36.8 Å². The molecule has 0 unspecified atom stereocenters. The molecular weight excluding hydrogens is 614 g/mol. The Bertz CT molecular complexity index is 1700. The predicted octanol–water partition coefficient (Wildman–Crippen LogP) is 1.51.